The summed E-state index contributed by atoms with van der Waals surface area (Å²) in [5.74, 6) is -1.83. The van der Waals surface area contributed by atoms with Gasteiger partial charge in [0, 0.05) is 10.6 Å². The van der Waals surface area contributed by atoms with E-state index in [4.69, 9.17) is 26.2 Å². The van der Waals surface area contributed by atoms with Crippen molar-refractivity contribution in [1.82, 2.24) is 4.90 Å². The van der Waals surface area contributed by atoms with E-state index in [-0.39, 0.29) is 33.5 Å². The predicted octanol–water partition coefficient (Wildman–Crippen LogP) is 4.58. The van der Waals surface area contributed by atoms with Crippen LogP contribution in [0.4, 0.5) is 9.18 Å². The number of halogens is 2. The maximum absolute atomic E-state index is 14.0. The molecule has 2 amide bonds. The number of carbonyl (C=O) groups is 3. The molecule has 162 valence electrons. The zero-order valence-corrected chi connectivity index (χ0v) is 18.0. The normalized spacial score (nSPS) is 16.0. The number of amides is 2. The van der Waals surface area contributed by atoms with Crippen LogP contribution < -0.4 is 9.47 Å². The Hall–Kier alpha value is -3.04. The molecule has 1 fully saturated rings. The number of methoxy groups -OCH3 is 1. The van der Waals surface area contributed by atoms with Crippen molar-refractivity contribution in [2.75, 3.05) is 7.11 Å². The summed E-state index contributed by atoms with van der Waals surface area (Å²) < 4.78 is 24.6. The highest BCUT2D eigenvalue weighted by Crippen LogP contribution is 2.36. The van der Waals surface area contributed by atoms with Crippen molar-refractivity contribution in [2.45, 2.75) is 19.6 Å². The number of thioether (sulfide) groups is 1. The highest BCUT2D eigenvalue weighted by atomic mass is 35.5. The minimum absolute atomic E-state index is 0.0587. The van der Waals surface area contributed by atoms with Gasteiger partial charge < -0.3 is 14.6 Å². The fraction of sp³-hybridized carbons (Fsp3) is 0.190. The molecule has 0 unspecified atom stereocenters. The number of nitrogens with zero attached hydrogens (tertiary/aromatic N) is 1. The molecule has 1 N–H and O–H groups in total. The van der Waals surface area contributed by atoms with Gasteiger partial charge in [-0.2, -0.15) is 0 Å². The maximum Gasteiger partial charge on any atom is 0.344 e. The number of carboxylic acids is 1. The summed E-state index contributed by atoms with van der Waals surface area (Å²) in [6.07, 6.45) is 0.405. The van der Waals surface area contributed by atoms with E-state index in [1.54, 1.807) is 12.1 Å². The molecule has 0 radical (unpaired) electrons. The zero-order chi connectivity index (χ0) is 22.7. The standard InChI is InChI=1S/C21H17ClFNO6S/c1-11(20(26)27)30-16-7-6-12(8-17(16)29-2)9-18-19(25)24(21(28)31-18)10-13-14(22)4-3-5-15(13)23/h3-9,11H,10H2,1-2H3,(H,26,27)/b18-9-/t11-/m0/s1. The minimum atomic E-state index is -1.13. The first kappa shape index (κ1) is 22.6. The summed E-state index contributed by atoms with van der Waals surface area (Å²) in [5.41, 5.74) is 0.588. The average molecular weight is 466 g/mol. The van der Waals surface area contributed by atoms with E-state index in [1.807, 2.05) is 0 Å². The van der Waals surface area contributed by atoms with Gasteiger partial charge in [0.2, 0.25) is 0 Å². The largest absolute Gasteiger partial charge is 0.493 e. The summed E-state index contributed by atoms with van der Waals surface area (Å²) >= 11 is 6.72. The van der Waals surface area contributed by atoms with Gasteiger partial charge in [0.25, 0.3) is 11.1 Å². The number of carbonyl (C=O) groups excluding carboxylic acids is 2. The van der Waals surface area contributed by atoms with Crippen molar-refractivity contribution < 1.29 is 33.4 Å². The predicted molar refractivity (Wildman–Crippen MR) is 114 cm³/mol. The van der Waals surface area contributed by atoms with Gasteiger partial charge in [0.05, 0.1) is 18.6 Å². The third kappa shape index (κ3) is 5.00. The van der Waals surface area contributed by atoms with Crippen molar-refractivity contribution in [2.24, 2.45) is 0 Å². The van der Waals surface area contributed by atoms with Crippen LogP contribution in [0.1, 0.15) is 18.1 Å². The van der Waals surface area contributed by atoms with Crippen LogP contribution in [-0.2, 0) is 16.1 Å². The first-order valence-electron chi connectivity index (χ1n) is 8.97. The van der Waals surface area contributed by atoms with E-state index in [9.17, 15) is 18.8 Å². The van der Waals surface area contributed by atoms with Crippen LogP contribution in [0.25, 0.3) is 6.08 Å². The maximum atomic E-state index is 14.0. The molecular weight excluding hydrogens is 449 g/mol. The van der Waals surface area contributed by atoms with Crippen molar-refractivity contribution in [3.63, 3.8) is 0 Å². The van der Waals surface area contributed by atoms with E-state index in [1.165, 1.54) is 44.4 Å². The van der Waals surface area contributed by atoms with Crippen molar-refractivity contribution in [1.29, 1.82) is 0 Å². The van der Waals surface area contributed by atoms with E-state index < -0.39 is 29.0 Å². The highest BCUT2D eigenvalue weighted by molar-refractivity contribution is 8.18. The van der Waals surface area contributed by atoms with Gasteiger partial charge in [-0.15, -0.1) is 0 Å². The van der Waals surface area contributed by atoms with Gasteiger partial charge >= 0.3 is 5.97 Å². The smallest absolute Gasteiger partial charge is 0.344 e. The van der Waals surface area contributed by atoms with Crippen LogP contribution in [-0.4, -0.2) is 40.3 Å². The van der Waals surface area contributed by atoms with Crippen LogP contribution in [0.3, 0.4) is 0 Å². The number of rotatable bonds is 7. The van der Waals surface area contributed by atoms with Gasteiger partial charge in [-0.05, 0) is 54.6 Å². The minimum Gasteiger partial charge on any atom is -0.493 e. The van der Waals surface area contributed by atoms with E-state index >= 15 is 0 Å². The molecule has 1 atom stereocenters. The third-order valence-corrected chi connectivity index (χ3v) is 5.65. The quantitative estimate of drug-likeness (QED) is 0.598. The second kappa shape index (κ2) is 9.40. The molecule has 1 aliphatic heterocycles. The Morgan fingerprint density at radius 3 is 2.68 bits per heavy atom. The number of aliphatic carboxylic acids is 1. The summed E-state index contributed by atoms with van der Waals surface area (Å²) in [7, 11) is 1.39. The molecule has 1 saturated heterocycles. The fourth-order valence-corrected chi connectivity index (χ4v) is 3.80. The average Bonchev–Trinajstić information content (AvgIpc) is 2.98. The second-order valence-electron chi connectivity index (χ2n) is 6.48. The number of hydrogen-bond donors (Lipinski definition) is 1. The number of carboxylic acid groups (broad SMARTS) is 1. The first-order chi connectivity index (χ1) is 14.7. The lowest BCUT2D eigenvalue weighted by molar-refractivity contribution is -0.144. The lowest BCUT2D eigenvalue weighted by atomic mass is 10.1. The summed E-state index contributed by atoms with van der Waals surface area (Å²) in [6, 6.07) is 8.77. The van der Waals surface area contributed by atoms with E-state index in [0.717, 1.165) is 16.7 Å². The van der Waals surface area contributed by atoms with Crippen molar-refractivity contribution >= 4 is 46.6 Å². The second-order valence-corrected chi connectivity index (χ2v) is 7.88. The SMILES string of the molecule is COc1cc(/C=C2\SC(=O)N(Cc3c(F)cccc3Cl)C2=O)ccc1O[C@@H](C)C(=O)O. The highest BCUT2D eigenvalue weighted by Gasteiger charge is 2.36. The number of ether oxygens (including phenoxy) is 2. The molecule has 2 aromatic rings. The Balaban J connectivity index is 1.83. The van der Waals surface area contributed by atoms with Crippen LogP contribution in [0.5, 0.6) is 11.5 Å². The lowest BCUT2D eigenvalue weighted by Crippen LogP contribution is -2.28. The molecule has 0 bridgehead atoms. The Labute approximate surface area is 186 Å². The van der Waals surface area contributed by atoms with Crippen LogP contribution in [0.2, 0.25) is 5.02 Å². The summed E-state index contributed by atoms with van der Waals surface area (Å²) in [6.45, 7) is 1.10. The lowest BCUT2D eigenvalue weighted by Gasteiger charge is -2.14. The number of hydrogen-bond acceptors (Lipinski definition) is 6. The molecule has 2 aromatic carbocycles. The van der Waals surface area contributed by atoms with E-state index in [0.29, 0.717) is 5.56 Å². The third-order valence-electron chi connectivity index (χ3n) is 4.39. The zero-order valence-electron chi connectivity index (χ0n) is 16.4. The first-order valence-corrected chi connectivity index (χ1v) is 10.2. The number of benzene rings is 2. The Kier molecular flexibility index (Phi) is 6.87. The summed E-state index contributed by atoms with van der Waals surface area (Å²) in [5, 5.41) is 8.57. The molecule has 1 heterocycles. The molecule has 0 aliphatic carbocycles. The molecule has 3 rings (SSSR count). The van der Waals surface area contributed by atoms with E-state index in [2.05, 4.69) is 0 Å². The Morgan fingerprint density at radius 1 is 1.29 bits per heavy atom. The molecule has 7 nitrogen and oxygen atoms in total. The molecule has 0 spiro atoms. The molecule has 0 aromatic heterocycles. The van der Waals surface area contributed by atoms with Gasteiger partial charge in [-0.25, -0.2) is 9.18 Å². The van der Waals surface area contributed by atoms with Gasteiger partial charge in [-0.1, -0.05) is 23.7 Å². The fourth-order valence-electron chi connectivity index (χ4n) is 2.74. The van der Waals surface area contributed by atoms with Crippen LogP contribution in [0, 0.1) is 5.82 Å². The number of imide groups is 1. The monoisotopic (exact) mass is 465 g/mol. The Morgan fingerprint density at radius 2 is 2.03 bits per heavy atom. The molecule has 0 saturated carbocycles. The summed E-state index contributed by atoms with van der Waals surface area (Å²) in [4.78, 5) is 37.1. The van der Waals surface area contributed by atoms with Crippen molar-refractivity contribution in [3.05, 3.63) is 63.3 Å². The molecule has 10 heteroatoms. The van der Waals surface area contributed by atoms with Gasteiger partial charge in [-0.3, -0.25) is 14.5 Å². The molecule has 1 aliphatic rings. The molecule has 31 heavy (non-hydrogen) atoms. The van der Waals surface area contributed by atoms with Gasteiger partial charge in [0.1, 0.15) is 5.82 Å². The van der Waals surface area contributed by atoms with Crippen LogP contribution in [0.15, 0.2) is 41.3 Å². The molecular formula is C21H17ClFNO6S. The van der Waals surface area contributed by atoms with Crippen LogP contribution >= 0.6 is 23.4 Å². The Bertz CT molecular complexity index is 1070. The topological polar surface area (TPSA) is 93.1 Å². The van der Waals surface area contributed by atoms with Crippen molar-refractivity contribution in [3.8, 4) is 11.5 Å². The van der Waals surface area contributed by atoms with Gasteiger partial charge in [0.15, 0.2) is 17.6 Å².